The van der Waals surface area contributed by atoms with Crippen LogP contribution >= 0.6 is 0 Å². The lowest BCUT2D eigenvalue weighted by atomic mass is 9.79. The zero-order chi connectivity index (χ0) is 11.1. The number of likely N-dealkylation sites (tertiary alicyclic amines) is 1. The van der Waals surface area contributed by atoms with Gasteiger partial charge in [0.05, 0.1) is 6.54 Å². The molecule has 2 aliphatic rings. The van der Waals surface area contributed by atoms with Gasteiger partial charge in [0.15, 0.2) is 5.78 Å². The van der Waals surface area contributed by atoms with E-state index in [9.17, 15) is 9.59 Å². The highest BCUT2D eigenvalue weighted by molar-refractivity contribution is 5.91. The van der Waals surface area contributed by atoms with E-state index in [4.69, 9.17) is 0 Å². The third-order valence-corrected chi connectivity index (χ3v) is 3.86. The maximum Gasteiger partial charge on any atom is 0.226 e. The van der Waals surface area contributed by atoms with Crippen LogP contribution in [0.1, 0.15) is 39.5 Å². The summed E-state index contributed by atoms with van der Waals surface area (Å²) in [6.45, 7) is 5.04. The third-order valence-electron chi connectivity index (χ3n) is 3.86. The summed E-state index contributed by atoms with van der Waals surface area (Å²) < 4.78 is 0. The summed E-state index contributed by atoms with van der Waals surface area (Å²) >= 11 is 0. The lowest BCUT2D eigenvalue weighted by Gasteiger charge is -2.38. The van der Waals surface area contributed by atoms with Crippen molar-refractivity contribution in [2.75, 3.05) is 13.1 Å². The highest BCUT2D eigenvalue weighted by atomic mass is 16.2. The van der Waals surface area contributed by atoms with Crippen LogP contribution in [0.25, 0.3) is 0 Å². The molecular formula is C12H19NO2. The molecule has 84 valence electrons. The first-order valence-electron chi connectivity index (χ1n) is 5.83. The Morgan fingerprint density at radius 1 is 1.40 bits per heavy atom. The van der Waals surface area contributed by atoms with Crippen LogP contribution in [0.3, 0.4) is 0 Å². The summed E-state index contributed by atoms with van der Waals surface area (Å²) in [4.78, 5) is 25.4. The Morgan fingerprint density at radius 3 is 2.53 bits per heavy atom. The van der Waals surface area contributed by atoms with E-state index in [1.807, 2.05) is 13.8 Å². The van der Waals surface area contributed by atoms with Gasteiger partial charge in [-0.1, -0.05) is 20.3 Å². The Balaban J connectivity index is 1.96. The molecule has 0 bridgehead atoms. The van der Waals surface area contributed by atoms with Crippen LogP contribution in [0, 0.1) is 11.3 Å². The van der Waals surface area contributed by atoms with Crippen molar-refractivity contribution < 1.29 is 9.59 Å². The first kappa shape index (κ1) is 10.7. The quantitative estimate of drug-likeness (QED) is 0.658. The number of nitrogens with zero attached hydrogens (tertiary/aromatic N) is 1. The zero-order valence-electron chi connectivity index (χ0n) is 9.58. The molecule has 0 aromatic rings. The van der Waals surface area contributed by atoms with Crippen LogP contribution in [0.15, 0.2) is 0 Å². The Morgan fingerprint density at radius 2 is 2.07 bits per heavy atom. The van der Waals surface area contributed by atoms with E-state index in [-0.39, 0.29) is 23.0 Å². The van der Waals surface area contributed by atoms with Gasteiger partial charge in [0, 0.05) is 17.9 Å². The molecule has 15 heavy (non-hydrogen) atoms. The number of amides is 1. The Kier molecular flexibility index (Phi) is 2.57. The smallest absolute Gasteiger partial charge is 0.226 e. The second kappa shape index (κ2) is 3.62. The van der Waals surface area contributed by atoms with Crippen molar-refractivity contribution >= 4 is 11.7 Å². The minimum atomic E-state index is -0.226. The van der Waals surface area contributed by atoms with Crippen molar-refractivity contribution in [2.45, 2.75) is 39.5 Å². The Bertz CT molecular complexity index is 292. The molecular weight excluding hydrogens is 190 g/mol. The summed E-state index contributed by atoms with van der Waals surface area (Å²) in [5.74, 6) is 0.644. The van der Waals surface area contributed by atoms with Crippen LogP contribution in [-0.4, -0.2) is 29.7 Å². The highest BCUT2D eigenvalue weighted by Gasteiger charge is 2.38. The average molecular weight is 209 g/mol. The third kappa shape index (κ3) is 1.92. The van der Waals surface area contributed by atoms with Crippen LogP contribution in [0.2, 0.25) is 0 Å². The van der Waals surface area contributed by atoms with Crippen LogP contribution in [-0.2, 0) is 9.59 Å². The highest BCUT2D eigenvalue weighted by Crippen LogP contribution is 2.32. The van der Waals surface area contributed by atoms with Gasteiger partial charge in [0.1, 0.15) is 0 Å². The van der Waals surface area contributed by atoms with E-state index in [1.165, 1.54) is 6.42 Å². The minimum Gasteiger partial charge on any atom is -0.335 e. The summed E-state index contributed by atoms with van der Waals surface area (Å²) in [6, 6.07) is 0. The number of ketones is 1. The van der Waals surface area contributed by atoms with Crippen molar-refractivity contribution in [3.63, 3.8) is 0 Å². The van der Waals surface area contributed by atoms with Crippen molar-refractivity contribution in [3.8, 4) is 0 Å². The molecule has 0 aromatic carbocycles. The van der Waals surface area contributed by atoms with E-state index in [1.54, 1.807) is 4.90 Å². The molecule has 3 heteroatoms. The Labute approximate surface area is 90.8 Å². The molecule has 1 heterocycles. The molecule has 1 amide bonds. The van der Waals surface area contributed by atoms with E-state index < -0.39 is 0 Å². The fraction of sp³-hybridized carbons (Fsp3) is 0.833. The number of rotatable bonds is 1. The number of piperidine rings is 1. The van der Waals surface area contributed by atoms with E-state index in [0.29, 0.717) is 6.54 Å². The van der Waals surface area contributed by atoms with Crippen LogP contribution in [0.4, 0.5) is 0 Å². The first-order chi connectivity index (χ1) is 7.00. The fourth-order valence-corrected chi connectivity index (χ4v) is 2.12. The standard InChI is InChI=1S/C12H19NO2/c1-12(2)6-7-13(8-10(12)14)11(15)9-4-3-5-9/h9H,3-8H2,1-2H3. The molecule has 1 saturated carbocycles. The largest absolute Gasteiger partial charge is 0.335 e. The van der Waals surface area contributed by atoms with E-state index in [2.05, 4.69) is 0 Å². The molecule has 2 rings (SSSR count). The van der Waals surface area contributed by atoms with Crippen molar-refractivity contribution in [1.82, 2.24) is 4.90 Å². The van der Waals surface area contributed by atoms with Gasteiger partial charge in [-0.25, -0.2) is 0 Å². The number of carbonyl (C=O) groups is 2. The van der Waals surface area contributed by atoms with Gasteiger partial charge in [0.25, 0.3) is 0 Å². The van der Waals surface area contributed by atoms with Gasteiger partial charge in [0.2, 0.25) is 5.91 Å². The second-order valence-corrected chi connectivity index (χ2v) is 5.44. The molecule has 0 radical (unpaired) electrons. The van der Waals surface area contributed by atoms with Gasteiger partial charge >= 0.3 is 0 Å². The summed E-state index contributed by atoms with van der Waals surface area (Å²) in [5.41, 5.74) is -0.226. The summed E-state index contributed by atoms with van der Waals surface area (Å²) in [5, 5.41) is 0. The molecule has 3 nitrogen and oxygen atoms in total. The molecule has 0 aromatic heterocycles. The molecule has 0 N–H and O–H groups in total. The number of carbonyl (C=O) groups excluding carboxylic acids is 2. The molecule has 1 aliphatic heterocycles. The molecule has 0 spiro atoms. The zero-order valence-corrected chi connectivity index (χ0v) is 9.58. The fourth-order valence-electron chi connectivity index (χ4n) is 2.12. The maximum absolute atomic E-state index is 11.9. The molecule has 0 atom stereocenters. The van der Waals surface area contributed by atoms with Crippen molar-refractivity contribution in [3.05, 3.63) is 0 Å². The predicted molar refractivity (Wildman–Crippen MR) is 57.3 cm³/mol. The predicted octanol–water partition coefficient (Wildman–Crippen LogP) is 1.61. The van der Waals surface area contributed by atoms with Crippen LogP contribution < -0.4 is 0 Å². The SMILES string of the molecule is CC1(C)CCN(C(=O)C2CCC2)CC1=O. The van der Waals surface area contributed by atoms with Crippen molar-refractivity contribution in [2.24, 2.45) is 11.3 Å². The van der Waals surface area contributed by atoms with Crippen molar-refractivity contribution in [1.29, 1.82) is 0 Å². The lowest BCUT2D eigenvalue weighted by Crippen LogP contribution is -2.50. The number of hydrogen-bond acceptors (Lipinski definition) is 2. The van der Waals surface area contributed by atoms with Crippen LogP contribution in [0.5, 0.6) is 0 Å². The summed E-state index contributed by atoms with van der Waals surface area (Å²) in [7, 11) is 0. The van der Waals surface area contributed by atoms with Gasteiger partial charge in [-0.15, -0.1) is 0 Å². The van der Waals surface area contributed by atoms with Gasteiger partial charge in [-0.3, -0.25) is 9.59 Å². The first-order valence-corrected chi connectivity index (χ1v) is 5.83. The Hall–Kier alpha value is -0.860. The van der Waals surface area contributed by atoms with Gasteiger partial charge in [-0.05, 0) is 19.3 Å². The molecule has 1 saturated heterocycles. The molecule has 0 unspecified atom stereocenters. The summed E-state index contributed by atoms with van der Waals surface area (Å²) in [6.07, 6.45) is 4.02. The minimum absolute atomic E-state index is 0.210. The lowest BCUT2D eigenvalue weighted by molar-refractivity contribution is -0.147. The monoisotopic (exact) mass is 209 g/mol. The topological polar surface area (TPSA) is 37.4 Å². The van der Waals surface area contributed by atoms with E-state index >= 15 is 0 Å². The number of hydrogen-bond donors (Lipinski definition) is 0. The van der Waals surface area contributed by atoms with E-state index in [0.717, 1.165) is 25.8 Å². The molecule has 2 fully saturated rings. The molecule has 1 aliphatic carbocycles. The van der Waals surface area contributed by atoms with Gasteiger partial charge < -0.3 is 4.90 Å². The number of Topliss-reactive ketones (excluding diaryl/α,β-unsaturated/α-hetero) is 1. The maximum atomic E-state index is 11.9. The van der Waals surface area contributed by atoms with Gasteiger partial charge in [-0.2, -0.15) is 0 Å². The average Bonchev–Trinajstić information content (AvgIpc) is 2.06. The normalized spacial score (nSPS) is 26.3. The second-order valence-electron chi connectivity index (χ2n) is 5.44.